The van der Waals surface area contributed by atoms with Crippen molar-refractivity contribution in [2.24, 2.45) is 0 Å². The molecule has 0 heterocycles. The quantitative estimate of drug-likeness (QED) is 0.740. The fraction of sp³-hybridized carbons (Fsp3) is 0.333. The molecule has 2 rings (SSSR count). The number of nitrogens with one attached hydrogen (secondary N) is 1. The van der Waals surface area contributed by atoms with E-state index in [1.54, 1.807) is 18.2 Å². The minimum absolute atomic E-state index is 0.0374. The second-order valence-corrected chi connectivity index (χ2v) is 5.81. The van der Waals surface area contributed by atoms with Crippen molar-refractivity contribution in [1.29, 1.82) is 5.26 Å². The SMILES string of the molecule is CCC[C@@H](NC(=O)COc1ccc(C#N)cc1OCC)c1ccccc1. The van der Waals surface area contributed by atoms with E-state index < -0.39 is 0 Å². The van der Waals surface area contributed by atoms with Gasteiger partial charge < -0.3 is 14.8 Å². The summed E-state index contributed by atoms with van der Waals surface area (Å²) < 4.78 is 11.1. The Kier molecular flexibility index (Phi) is 7.50. The van der Waals surface area contributed by atoms with Crippen LogP contribution in [0, 0.1) is 11.3 Å². The number of hydrogen-bond acceptors (Lipinski definition) is 4. The van der Waals surface area contributed by atoms with E-state index in [1.807, 2.05) is 37.3 Å². The zero-order valence-electron chi connectivity index (χ0n) is 15.2. The molecule has 0 aliphatic carbocycles. The highest BCUT2D eigenvalue weighted by Crippen LogP contribution is 2.28. The minimum Gasteiger partial charge on any atom is -0.490 e. The summed E-state index contributed by atoms with van der Waals surface area (Å²) in [4.78, 5) is 12.3. The Bertz CT molecular complexity index is 754. The predicted molar refractivity (Wildman–Crippen MR) is 100 cm³/mol. The lowest BCUT2D eigenvalue weighted by Crippen LogP contribution is -2.32. The van der Waals surface area contributed by atoms with Crippen molar-refractivity contribution in [1.82, 2.24) is 5.32 Å². The van der Waals surface area contributed by atoms with E-state index >= 15 is 0 Å². The molecule has 0 radical (unpaired) electrons. The van der Waals surface area contributed by atoms with Crippen LogP contribution in [0.15, 0.2) is 48.5 Å². The first-order valence-corrected chi connectivity index (χ1v) is 8.82. The number of rotatable bonds is 9. The molecule has 0 aromatic heterocycles. The smallest absolute Gasteiger partial charge is 0.258 e. The van der Waals surface area contributed by atoms with Gasteiger partial charge in [0, 0.05) is 6.07 Å². The van der Waals surface area contributed by atoms with Gasteiger partial charge in [0.1, 0.15) is 0 Å². The van der Waals surface area contributed by atoms with Crippen molar-refractivity contribution in [2.45, 2.75) is 32.7 Å². The molecule has 0 aliphatic rings. The van der Waals surface area contributed by atoms with E-state index in [4.69, 9.17) is 14.7 Å². The molecule has 136 valence electrons. The van der Waals surface area contributed by atoms with Crippen molar-refractivity contribution < 1.29 is 14.3 Å². The van der Waals surface area contributed by atoms with Crippen molar-refractivity contribution in [3.05, 3.63) is 59.7 Å². The number of hydrogen-bond donors (Lipinski definition) is 1. The van der Waals surface area contributed by atoms with Crippen LogP contribution in [-0.4, -0.2) is 19.1 Å². The van der Waals surface area contributed by atoms with E-state index in [1.165, 1.54) is 0 Å². The monoisotopic (exact) mass is 352 g/mol. The summed E-state index contributed by atoms with van der Waals surface area (Å²) in [6.07, 6.45) is 1.82. The van der Waals surface area contributed by atoms with Gasteiger partial charge in [0.25, 0.3) is 5.91 Å². The number of nitrogens with zero attached hydrogens (tertiary/aromatic N) is 1. The Labute approximate surface area is 154 Å². The third kappa shape index (κ3) is 5.52. The van der Waals surface area contributed by atoms with Crippen LogP contribution in [0.5, 0.6) is 11.5 Å². The first-order valence-electron chi connectivity index (χ1n) is 8.82. The molecule has 0 aliphatic heterocycles. The highest BCUT2D eigenvalue weighted by Gasteiger charge is 2.15. The van der Waals surface area contributed by atoms with Crippen LogP contribution in [0.25, 0.3) is 0 Å². The number of carbonyl (C=O) groups is 1. The standard InChI is InChI=1S/C21H24N2O3/c1-3-8-18(17-9-6-5-7-10-17)23-21(24)15-26-19-12-11-16(14-22)13-20(19)25-4-2/h5-7,9-13,18H,3-4,8,15H2,1-2H3,(H,23,24)/t18-/m1/s1. The van der Waals surface area contributed by atoms with Gasteiger partial charge in [0.05, 0.1) is 24.3 Å². The zero-order valence-corrected chi connectivity index (χ0v) is 15.2. The summed E-state index contributed by atoms with van der Waals surface area (Å²) in [6.45, 7) is 4.28. The fourth-order valence-electron chi connectivity index (χ4n) is 2.64. The Hall–Kier alpha value is -3.00. The maximum absolute atomic E-state index is 12.3. The van der Waals surface area contributed by atoms with Gasteiger partial charge in [-0.25, -0.2) is 0 Å². The number of benzene rings is 2. The summed E-state index contributed by atoms with van der Waals surface area (Å²) in [5.41, 5.74) is 1.56. The van der Waals surface area contributed by atoms with Gasteiger partial charge in [-0.2, -0.15) is 5.26 Å². The van der Waals surface area contributed by atoms with E-state index in [0.29, 0.717) is 23.7 Å². The molecule has 26 heavy (non-hydrogen) atoms. The van der Waals surface area contributed by atoms with Crippen LogP contribution in [-0.2, 0) is 4.79 Å². The first kappa shape index (κ1) is 19.3. The number of amides is 1. The molecule has 0 saturated heterocycles. The minimum atomic E-state index is -0.195. The molecule has 5 heteroatoms. The Morgan fingerprint density at radius 1 is 1.12 bits per heavy atom. The zero-order chi connectivity index (χ0) is 18.8. The molecule has 0 bridgehead atoms. The molecular weight excluding hydrogens is 328 g/mol. The fourth-order valence-corrected chi connectivity index (χ4v) is 2.64. The Balaban J connectivity index is 2.00. The predicted octanol–water partition coefficient (Wildman–Crippen LogP) is 3.99. The number of carbonyl (C=O) groups excluding carboxylic acids is 1. The van der Waals surface area contributed by atoms with Gasteiger partial charge in [-0.15, -0.1) is 0 Å². The topological polar surface area (TPSA) is 71.3 Å². The molecule has 1 atom stereocenters. The van der Waals surface area contributed by atoms with Gasteiger partial charge >= 0.3 is 0 Å². The van der Waals surface area contributed by atoms with Gasteiger partial charge in [0.15, 0.2) is 18.1 Å². The average molecular weight is 352 g/mol. The molecule has 2 aromatic carbocycles. The second-order valence-electron chi connectivity index (χ2n) is 5.81. The molecule has 1 amide bonds. The van der Waals surface area contributed by atoms with Crippen molar-refractivity contribution in [2.75, 3.05) is 13.2 Å². The molecule has 0 spiro atoms. The lowest BCUT2D eigenvalue weighted by molar-refractivity contribution is -0.123. The summed E-state index contributed by atoms with van der Waals surface area (Å²) in [5, 5.41) is 12.0. The normalized spacial score (nSPS) is 11.3. The maximum Gasteiger partial charge on any atom is 0.258 e. The summed E-state index contributed by atoms with van der Waals surface area (Å²) in [6, 6.07) is 16.8. The highest BCUT2D eigenvalue weighted by molar-refractivity contribution is 5.78. The third-order valence-electron chi connectivity index (χ3n) is 3.85. The Morgan fingerprint density at radius 2 is 1.88 bits per heavy atom. The number of ether oxygens (including phenoxy) is 2. The van der Waals surface area contributed by atoms with Crippen LogP contribution in [0.2, 0.25) is 0 Å². The highest BCUT2D eigenvalue weighted by atomic mass is 16.5. The largest absolute Gasteiger partial charge is 0.490 e. The molecule has 5 nitrogen and oxygen atoms in total. The van der Waals surface area contributed by atoms with Gasteiger partial charge in [0.2, 0.25) is 0 Å². The third-order valence-corrected chi connectivity index (χ3v) is 3.85. The molecule has 0 fully saturated rings. The van der Waals surface area contributed by atoms with E-state index in [9.17, 15) is 4.79 Å². The van der Waals surface area contributed by atoms with Gasteiger partial charge in [-0.1, -0.05) is 43.7 Å². The van der Waals surface area contributed by atoms with Crippen LogP contribution in [0.4, 0.5) is 0 Å². The molecule has 2 aromatic rings. The average Bonchev–Trinajstić information content (AvgIpc) is 2.67. The lowest BCUT2D eigenvalue weighted by Gasteiger charge is -2.19. The molecule has 0 saturated carbocycles. The van der Waals surface area contributed by atoms with E-state index in [0.717, 1.165) is 18.4 Å². The lowest BCUT2D eigenvalue weighted by atomic mass is 10.0. The van der Waals surface area contributed by atoms with E-state index in [2.05, 4.69) is 18.3 Å². The van der Waals surface area contributed by atoms with Crippen LogP contribution < -0.4 is 14.8 Å². The molecule has 0 unspecified atom stereocenters. The maximum atomic E-state index is 12.3. The van der Waals surface area contributed by atoms with Gasteiger partial charge in [-0.05, 0) is 31.0 Å². The summed E-state index contributed by atoms with van der Waals surface area (Å²) in [7, 11) is 0. The summed E-state index contributed by atoms with van der Waals surface area (Å²) in [5.74, 6) is 0.722. The number of nitriles is 1. The van der Waals surface area contributed by atoms with Crippen LogP contribution in [0.1, 0.15) is 43.9 Å². The molecular formula is C21H24N2O3. The Morgan fingerprint density at radius 3 is 2.54 bits per heavy atom. The van der Waals surface area contributed by atoms with Crippen molar-refractivity contribution in [3.8, 4) is 17.6 Å². The van der Waals surface area contributed by atoms with Gasteiger partial charge in [-0.3, -0.25) is 4.79 Å². The van der Waals surface area contributed by atoms with Crippen molar-refractivity contribution in [3.63, 3.8) is 0 Å². The van der Waals surface area contributed by atoms with Crippen LogP contribution in [0.3, 0.4) is 0 Å². The molecule has 1 N–H and O–H groups in total. The van der Waals surface area contributed by atoms with Crippen molar-refractivity contribution >= 4 is 5.91 Å². The second kappa shape index (κ2) is 10.1. The first-order chi connectivity index (χ1) is 12.7. The summed E-state index contributed by atoms with van der Waals surface area (Å²) >= 11 is 0. The van der Waals surface area contributed by atoms with Crippen LogP contribution >= 0.6 is 0 Å². The van der Waals surface area contributed by atoms with E-state index in [-0.39, 0.29) is 18.6 Å².